The molecule has 1 aliphatic heterocycles. The number of carbonyl (C=O) groups excluding carboxylic acids is 1. The summed E-state index contributed by atoms with van der Waals surface area (Å²) in [6.07, 6.45) is 1.60. The topological polar surface area (TPSA) is 82.4 Å². The standard InChI is InChI=1S/C24H21N3O3/c1-14-11-18(19(28)12-15(14)2)21-20-22(26-25-21)24(29)27(13-17-9-6-10-30-17)23(20)16-7-4-3-5-8-16/h3-12,23,28H,13H2,1-2H3,(H,25,26). The van der Waals surface area contributed by atoms with E-state index in [0.29, 0.717) is 29.3 Å². The number of benzene rings is 2. The number of aromatic amines is 1. The van der Waals surface area contributed by atoms with Gasteiger partial charge < -0.3 is 14.4 Å². The van der Waals surface area contributed by atoms with Crippen LogP contribution in [0, 0.1) is 13.8 Å². The molecule has 2 aromatic carbocycles. The summed E-state index contributed by atoms with van der Waals surface area (Å²) in [5.41, 5.74) is 5.45. The lowest BCUT2D eigenvalue weighted by molar-refractivity contribution is 0.0717. The van der Waals surface area contributed by atoms with Crippen molar-refractivity contribution < 1.29 is 14.3 Å². The van der Waals surface area contributed by atoms with Crippen LogP contribution in [0.25, 0.3) is 11.3 Å². The summed E-state index contributed by atoms with van der Waals surface area (Å²) in [4.78, 5) is 15.1. The first-order valence-corrected chi connectivity index (χ1v) is 9.81. The Hall–Kier alpha value is -3.80. The summed E-state index contributed by atoms with van der Waals surface area (Å²) in [5, 5.41) is 18.0. The molecule has 0 saturated carbocycles. The van der Waals surface area contributed by atoms with Crippen LogP contribution in [0.5, 0.6) is 5.75 Å². The minimum absolute atomic E-state index is 0.141. The Morgan fingerprint density at radius 1 is 1.10 bits per heavy atom. The molecule has 1 aliphatic rings. The molecule has 1 amide bonds. The van der Waals surface area contributed by atoms with Crippen LogP contribution in [-0.2, 0) is 6.54 Å². The fourth-order valence-corrected chi connectivity index (χ4v) is 4.11. The van der Waals surface area contributed by atoms with Gasteiger partial charge in [-0.2, -0.15) is 5.10 Å². The van der Waals surface area contributed by atoms with E-state index in [1.807, 2.05) is 62.4 Å². The van der Waals surface area contributed by atoms with Crippen molar-refractivity contribution in [2.45, 2.75) is 26.4 Å². The number of aryl methyl sites for hydroxylation is 2. The molecule has 3 heterocycles. The maximum atomic E-state index is 13.3. The predicted molar refractivity (Wildman–Crippen MR) is 112 cm³/mol. The number of fused-ring (bicyclic) bond motifs is 1. The van der Waals surface area contributed by atoms with Crippen molar-refractivity contribution in [2.75, 3.05) is 0 Å². The third-order valence-electron chi connectivity index (χ3n) is 5.75. The van der Waals surface area contributed by atoms with Gasteiger partial charge in [-0.3, -0.25) is 9.89 Å². The molecule has 6 heteroatoms. The van der Waals surface area contributed by atoms with Crippen molar-refractivity contribution >= 4 is 5.91 Å². The zero-order chi connectivity index (χ0) is 20.8. The Morgan fingerprint density at radius 2 is 1.87 bits per heavy atom. The quantitative estimate of drug-likeness (QED) is 0.519. The molecule has 0 fully saturated rings. The molecule has 150 valence electrons. The van der Waals surface area contributed by atoms with Gasteiger partial charge in [0.25, 0.3) is 5.91 Å². The number of H-pyrrole nitrogens is 1. The molecule has 0 saturated heterocycles. The van der Waals surface area contributed by atoms with E-state index in [4.69, 9.17) is 4.42 Å². The average molecular weight is 399 g/mol. The molecule has 0 aliphatic carbocycles. The van der Waals surface area contributed by atoms with Gasteiger partial charge in [-0.15, -0.1) is 0 Å². The number of aromatic hydroxyl groups is 1. The van der Waals surface area contributed by atoms with E-state index in [9.17, 15) is 9.90 Å². The number of phenols is 1. The van der Waals surface area contributed by atoms with Gasteiger partial charge >= 0.3 is 0 Å². The molecule has 0 bridgehead atoms. The Bertz CT molecular complexity index is 1230. The van der Waals surface area contributed by atoms with Crippen LogP contribution in [0.2, 0.25) is 0 Å². The Labute approximate surface area is 173 Å². The van der Waals surface area contributed by atoms with E-state index in [0.717, 1.165) is 22.3 Å². The molecule has 30 heavy (non-hydrogen) atoms. The fraction of sp³-hybridized carbons (Fsp3) is 0.167. The van der Waals surface area contributed by atoms with Gasteiger partial charge in [0.15, 0.2) is 0 Å². The SMILES string of the molecule is Cc1cc(O)c(-c2n[nH]c3c2C(c2ccccc2)N(Cc2ccco2)C3=O)cc1C. The number of nitrogens with zero attached hydrogens (tertiary/aromatic N) is 2. The Kier molecular flexibility index (Phi) is 4.20. The van der Waals surface area contributed by atoms with E-state index in [1.165, 1.54) is 0 Å². The number of phenolic OH excluding ortho intramolecular Hbond substituents is 1. The van der Waals surface area contributed by atoms with Crippen molar-refractivity contribution in [3.63, 3.8) is 0 Å². The number of hydrogen-bond donors (Lipinski definition) is 2. The first kappa shape index (κ1) is 18.2. The normalized spacial score (nSPS) is 15.6. The second kappa shape index (κ2) is 6.91. The highest BCUT2D eigenvalue weighted by atomic mass is 16.3. The largest absolute Gasteiger partial charge is 0.507 e. The average Bonchev–Trinajstić information content (AvgIpc) is 3.46. The summed E-state index contributed by atoms with van der Waals surface area (Å²) < 4.78 is 5.51. The van der Waals surface area contributed by atoms with Crippen molar-refractivity contribution in [1.29, 1.82) is 0 Å². The Balaban J connectivity index is 1.69. The van der Waals surface area contributed by atoms with E-state index >= 15 is 0 Å². The molecule has 1 atom stereocenters. The summed E-state index contributed by atoms with van der Waals surface area (Å²) in [6.45, 7) is 4.29. The van der Waals surface area contributed by atoms with Gasteiger partial charge in [-0.1, -0.05) is 30.3 Å². The molecular weight excluding hydrogens is 378 g/mol. The predicted octanol–water partition coefficient (Wildman–Crippen LogP) is 4.74. The minimum Gasteiger partial charge on any atom is -0.507 e. The van der Waals surface area contributed by atoms with Crippen LogP contribution in [0.1, 0.15) is 44.5 Å². The van der Waals surface area contributed by atoms with Crippen molar-refractivity contribution in [1.82, 2.24) is 15.1 Å². The lowest BCUT2D eigenvalue weighted by Crippen LogP contribution is -2.28. The third-order valence-corrected chi connectivity index (χ3v) is 5.75. The maximum absolute atomic E-state index is 13.3. The second-order valence-electron chi connectivity index (χ2n) is 7.64. The number of nitrogens with one attached hydrogen (secondary N) is 1. The van der Waals surface area contributed by atoms with Crippen LogP contribution in [-0.4, -0.2) is 26.1 Å². The van der Waals surface area contributed by atoms with Crippen molar-refractivity contribution in [3.8, 4) is 17.0 Å². The number of hydrogen-bond acceptors (Lipinski definition) is 4. The highest BCUT2D eigenvalue weighted by Crippen LogP contribution is 2.45. The van der Waals surface area contributed by atoms with E-state index in [-0.39, 0.29) is 17.7 Å². The van der Waals surface area contributed by atoms with E-state index in [2.05, 4.69) is 10.2 Å². The summed E-state index contributed by atoms with van der Waals surface area (Å²) >= 11 is 0. The van der Waals surface area contributed by atoms with Crippen LogP contribution < -0.4 is 0 Å². The van der Waals surface area contributed by atoms with Gasteiger partial charge in [0.05, 0.1) is 18.8 Å². The van der Waals surface area contributed by atoms with Crippen LogP contribution in [0.4, 0.5) is 0 Å². The van der Waals surface area contributed by atoms with Gasteiger partial charge in [-0.05, 0) is 54.8 Å². The van der Waals surface area contributed by atoms with Crippen LogP contribution in [0.3, 0.4) is 0 Å². The first-order valence-electron chi connectivity index (χ1n) is 9.81. The molecule has 0 radical (unpaired) electrons. The molecule has 4 aromatic rings. The third kappa shape index (κ3) is 2.80. The molecule has 0 spiro atoms. The molecule has 2 N–H and O–H groups in total. The van der Waals surface area contributed by atoms with E-state index < -0.39 is 0 Å². The van der Waals surface area contributed by atoms with Crippen LogP contribution >= 0.6 is 0 Å². The number of amides is 1. The Morgan fingerprint density at radius 3 is 2.60 bits per heavy atom. The summed E-state index contributed by atoms with van der Waals surface area (Å²) in [7, 11) is 0. The maximum Gasteiger partial charge on any atom is 0.273 e. The highest BCUT2D eigenvalue weighted by molar-refractivity contribution is 6.00. The van der Waals surface area contributed by atoms with Gasteiger partial charge in [0, 0.05) is 11.1 Å². The first-order chi connectivity index (χ1) is 14.5. The van der Waals surface area contributed by atoms with Crippen LogP contribution in [0.15, 0.2) is 65.3 Å². The second-order valence-corrected chi connectivity index (χ2v) is 7.64. The molecule has 6 nitrogen and oxygen atoms in total. The molecule has 1 unspecified atom stereocenters. The van der Waals surface area contributed by atoms with Gasteiger partial charge in [0.2, 0.25) is 0 Å². The van der Waals surface area contributed by atoms with Gasteiger partial charge in [-0.25, -0.2) is 0 Å². The number of carbonyl (C=O) groups is 1. The molecular formula is C24H21N3O3. The zero-order valence-electron chi connectivity index (χ0n) is 16.7. The fourth-order valence-electron chi connectivity index (χ4n) is 4.11. The van der Waals surface area contributed by atoms with E-state index in [1.54, 1.807) is 17.2 Å². The summed E-state index contributed by atoms with van der Waals surface area (Å²) in [6, 6.07) is 16.8. The minimum atomic E-state index is -0.339. The summed E-state index contributed by atoms with van der Waals surface area (Å²) in [5.74, 6) is 0.714. The lowest BCUT2D eigenvalue weighted by atomic mass is 9.94. The lowest BCUT2D eigenvalue weighted by Gasteiger charge is -2.25. The molecule has 5 rings (SSSR count). The van der Waals surface area contributed by atoms with Crippen molar-refractivity contribution in [3.05, 3.63) is 94.6 Å². The number of rotatable bonds is 4. The van der Waals surface area contributed by atoms with Crippen molar-refractivity contribution in [2.24, 2.45) is 0 Å². The zero-order valence-corrected chi connectivity index (χ0v) is 16.7. The number of furan rings is 1. The van der Waals surface area contributed by atoms with Gasteiger partial charge in [0.1, 0.15) is 22.9 Å². The number of aromatic nitrogens is 2. The monoisotopic (exact) mass is 399 g/mol. The smallest absolute Gasteiger partial charge is 0.273 e. The molecule has 2 aromatic heterocycles. The highest BCUT2D eigenvalue weighted by Gasteiger charge is 2.42.